The van der Waals surface area contributed by atoms with Crippen LogP contribution in [0.4, 0.5) is 5.82 Å². The lowest BCUT2D eigenvalue weighted by Crippen LogP contribution is -2.39. The van der Waals surface area contributed by atoms with Crippen LogP contribution >= 0.6 is 0 Å². The number of aliphatic hydroxyl groups is 2. The fraction of sp³-hybridized carbons (Fsp3) is 0.545. The lowest BCUT2D eigenvalue weighted by Gasteiger charge is -2.25. The monoisotopic (exact) mass is 266 g/mol. The van der Waals surface area contributed by atoms with Crippen LogP contribution in [0.1, 0.15) is 13.2 Å². The van der Waals surface area contributed by atoms with Crippen molar-refractivity contribution >= 4 is 5.82 Å². The fourth-order valence-corrected chi connectivity index (χ4v) is 2.14. The van der Waals surface area contributed by atoms with Crippen LogP contribution in [0.25, 0.3) is 0 Å². The van der Waals surface area contributed by atoms with Gasteiger partial charge in [0.25, 0.3) is 0 Å². The van der Waals surface area contributed by atoms with Crippen molar-refractivity contribution < 1.29 is 14.9 Å². The third-order valence-electron chi connectivity index (χ3n) is 3.31. The Morgan fingerprint density at radius 2 is 2.42 bits per heavy atom. The van der Waals surface area contributed by atoms with Crippen molar-refractivity contribution in [2.45, 2.75) is 25.4 Å². The summed E-state index contributed by atoms with van der Waals surface area (Å²) in [7, 11) is 0. The van der Waals surface area contributed by atoms with Crippen molar-refractivity contribution in [3.8, 4) is 6.07 Å². The maximum absolute atomic E-state index is 11.8. The highest BCUT2D eigenvalue weighted by molar-refractivity contribution is 5.24. The average Bonchev–Trinajstić information content (AvgIpc) is 2.63. The molecule has 1 aliphatic heterocycles. The number of hydrogen-bond donors (Lipinski definition) is 3. The van der Waals surface area contributed by atoms with Crippen LogP contribution in [0.2, 0.25) is 0 Å². The summed E-state index contributed by atoms with van der Waals surface area (Å²) in [6.07, 6.45) is -1.83. The molecule has 0 spiro atoms. The fourth-order valence-electron chi connectivity index (χ4n) is 2.14. The molecule has 19 heavy (non-hydrogen) atoms. The Morgan fingerprint density at radius 1 is 1.74 bits per heavy atom. The van der Waals surface area contributed by atoms with E-state index in [0.29, 0.717) is 0 Å². The van der Waals surface area contributed by atoms with Gasteiger partial charge in [0.15, 0.2) is 6.23 Å². The summed E-state index contributed by atoms with van der Waals surface area (Å²) in [5.74, 6) is 0.0529. The van der Waals surface area contributed by atoms with Crippen molar-refractivity contribution in [2.24, 2.45) is 5.41 Å². The highest BCUT2D eigenvalue weighted by Crippen LogP contribution is 2.44. The molecule has 8 nitrogen and oxygen atoms in total. The van der Waals surface area contributed by atoms with Gasteiger partial charge in [-0.1, -0.05) is 0 Å². The number of nitrogens with zero attached hydrogens (tertiary/aromatic N) is 3. The summed E-state index contributed by atoms with van der Waals surface area (Å²) in [6.45, 7) is 1.01. The van der Waals surface area contributed by atoms with E-state index >= 15 is 0 Å². The molecule has 0 radical (unpaired) electrons. The molecule has 0 aromatic carbocycles. The van der Waals surface area contributed by atoms with Gasteiger partial charge in [0.1, 0.15) is 23.4 Å². The van der Waals surface area contributed by atoms with Gasteiger partial charge in [-0.15, -0.1) is 0 Å². The minimum Gasteiger partial charge on any atom is -0.394 e. The van der Waals surface area contributed by atoms with Crippen molar-refractivity contribution in [1.29, 1.82) is 5.26 Å². The third-order valence-corrected chi connectivity index (χ3v) is 3.31. The summed E-state index contributed by atoms with van der Waals surface area (Å²) in [4.78, 5) is 15.3. The van der Waals surface area contributed by atoms with Crippen LogP contribution in [0, 0.1) is 16.7 Å². The number of nitrogens with two attached hydrogens (primary N) is 1. The second kappa shape index (κ2) is 4.62. The Kier molecular flexibility index (Phi) is 3.28. The molecule has 0 aliphatic carbocycles. The number of anilines is 1. The van der Waals surface area contributed by atoms with Gasteiger partial charge in [-0.3, -0.25) is 4.57 Å². The molecule has 0 saturated carbocycles. The zero-order valence-electron chi connectivity index (χ0n) is 10.2. The SMILES string of the molecule is C[C@@]1(C#N)C(O)[C@@H](CO)O[C@@H]1n1ccc(N)nc1=O. The van der Waals surface area contributed by atoms with Crippen LogP contribution < -0.4 is 11.4 Å². The van der Waals surface area contributed by atoms with E-state index in [-0.39, 0.29) is 5.82 Å². The zero-order valence-corrected chi connectivity index (χ0v) is 10.2. The lowest BCUT2D eigenvalue weighted by molar-refractivity contribution is -0.0503. The largest absolute Gasteiger partial charge is 0.394 e. The first kappa shape index (κ1) is 13.5. The highest BCUT2D eigenvalue weighted by Gasteiger charge is 2.54. The highest BCUT2D eigenvalue weighted by atomic mass is 16.5. The Bertz CT molecular complexity index is 581. The number of nitrogen functional groups attached to an aromatic ring is 1. The van der Waals surface area contributed by atoms with Gasteiger partial charge < -0.3 is 20.7 Å². The smallest absolute Gasteiger partial charge is 0.351 e. The van der Waals surface area contributed by atoms with E-state index in [1.165, 1.54) is 19.2 Å². The molecule has 1 aliphatic rings. The molecule has 1 unspecified atom stereocenters. The van der Waals surface area contributed by atoms with Gasteiger partial charge in [0.05, 0.1) is 12.7 Å². The molecule has 1 aromatic rings. The second-order valence-electron chi connectivity index (χ2n) is 4.59. The minimum absolute atomic E-state index is 0.0529. The van der Waals surface area contributed by atoms with Crippen molar-refractivity contribution in [3.63, 3.8) is 0 Å². The number of nitriles is 1. The molecule has 1 fully saturated rings. The molecule has 4 atom stereocenters. The molecule has 0 amide bonds. The first-order valence-electron chi connectivity index (χ1n) is 5.64. The maximum Gasteiger partial charge on any atom is 0.351 e. The predicted octanol–water partition coefficient (Wildman–Crippen LogP) is -1.39. The Hall–Kier alpha value is -1.95. The number of aliphatic hydroxyl groups excluding tert-OH is 2. The molecule has 8 heteroatoms. The van der Waals surface area contributed by atoms with Gasteiger partial charge in [0.2, 0.25) is 0 Å². The maximum atomic E-state index is 11.8. The molecule has 0 bridgehead atoms. The Morgan fingerprint density at radius 3 is 2.95 bits per heavy atom. The summed E-state index contributed by atoms with van der Waals surface area (Å²) in [5.41, 5.74) is 3.34. The average molecular weight is 266 g/mol. The van der Waals surface area contributed by atoms with Crippen LogP contribution in [0.15, 0.2) is 17.1 Å². The van der Waals surface area contributed by atoms with E-state index in [1.807, 2.05) is 6.07 Å². The molecular weight excluding hydrogens is 252 g/mol. The Labute approximate surface area is 108 Å². The molecular formula is C11H14N4O4. The van der Waals surface area contributed by atoms with Crippen LogP contribution in [0.5, 0.6) is 0 Å². The van der Waals surface area contributed by atoms with Crippen LogP contribution in [0.3, 0.4) is 0 Å². The normalized spacial score (nSPS) is 34.1. The molecule has 1 saturated heterocycles. The van der Waals surface area contributed by atoms with Crippen molar-refractivity contribution in [1.82, 2.24) is 9.55 Å². The van der Waals surface area contributed by atoms with Crippen LogP contribution in [-0.4, -0.2) is 38.6 Å². The lowest BCUT2D eigenvalue weighted by atomic mass is 9.84. The Balaban J connectivity index is 2.49. The van der Waals surface area contributed by atoms with E-state index < -0.39 is 36.1 Å². The number of rotatable bonds is 2. The molecule has 2 rings (SSSR count). The quantitative estimate of drug-likeness (QED) is 0.599. The summed E-state index contributed by atoms with van der Waals surface area (Å²) >= 11 is 0. The second-order valence-corrected chi connectivity index (χ2v) is 4.59. The third kappa shape index (κ3) is 1.98. The van der Waals surface area contributed by atoms with Gasteiger partial charge in [-0.25, -0.2) is 4.79 Å². The molecule has 4 N–H and O–H groups in total. The number of aromatic nitrogens is 2. The first-order valence-corrected chi connectivity index (χ1v) is 5.64. The van der Waals surface area contributed by atoms with E-state index in [4.69, 9.17) is 15.6 Å². The first-order chi connectivity index (χ1) is 8.93. The topological polar surface area (TPSA) is 134 Å². The van der Waals surface area contributed by atoms with Gasteiger partial charge in [0, 0.05) is 6.20 Å². The van der Waals surface area contributed by atoms with E-state index in [1.54, 1.807) is 0 Å². The summed E-state index contributed by atoms with van der Waals surface area (Å²) in [5, 5.41) is 28.4. The van der Waals surface area contributed by atoms with Crippen molar-refractivity contribution in [3.05, 3.63) is 22.7 Å². The molecule has 102 valence electrons. The van der Waals surface area contributed by atoms with Gasteiger partial charge in [-0.05, 0) is 13.0 Å². The minimum atomic E-state index is -1.37. The van der Waals surface area contributed by atoms with E-state index in [9.17, 15) is 15.2 Å². The van der Waals surface area contributed by atoms with E-state index in [0.717, 1.165) is 4.57 Å². The van der Waals surface area contributed by atoms with E-state index in [2.05, 4.69) is 4.98 Å². The molecule has 1 aromatic heterocycles. The number of hydrogen-bond acceptors (Lipinski definition) is 7. The summed E-state index contributed by atoms with van der Waals surface area (Å²) < 4.78 is 6.48. The molecule has 2 heterocycles. The number of ether oxygens (including phenoxy) is 1. The standard InChI is InChI=1S/C11H14N4O4/c1-11(5-12)8(17)6(4-16)19-9(11)15-3-2-7(13)14-10(15)18/h2-3,6,8-9,16-17H,4H2,1H3,(H2,13,14,18)/t6-,8?,9+,11-/m1/s1. The van der Waals surface area contributed by atoms with Crippen LogP contribution in [-0.2, 0) is 4.74 Å². The van der Waals surface area contributed by atoms with Gasteiger partial charge in [-0.2, -0.15) is 10.2 Å². The predicted molar refractivity (Wildman–Crippen MR) is 63.6 cm³/mol. The van der Waals surface area contributed by atoms with Crippen molar-refractivity contribution in [2.75, 3.05) is 12.3 Å². The zero-order chi connectivity index (χ0) is 14.2. The summed E-state index contributed by atoms with van der Waals surface area (Å²) in [6, 6.07) is 3.33. The van der Waals surface area contributed by atoms with Gasteiger partial charge >= 0.3 is 5.69 Å².